The van der Waals surface area contributed by atoms with Crippen LogP contribution in [0.2, 0.25) is 0 Å². The Balaban J connectivity index is 1.76. The number of aromatic nitrogens is 3. The van der Waals surface area contributed by atoms with Crippen molar-refractivity contribution in [1.29, 1.82) is 0 Å². The third-order valence-corrected chi connectivity index (χ3v) is 3.58. The van der Waals surface area contributed by atoms with Gasteiger partial charge in [-0.2, -0.15) is 5.10 Å². The van der Waals surface area contributed by atoms with Crippen molar-refractivity contribution in [1.82, 2.24) is 20.1 Å². The maximum atomic E-state index is 11.8. The van der Waals surface area contributed by atoms with Crippen LogP contribution in [0.15, 0.2) is 35.3 Å². The quantitative estimate of drug-likeness (QED) is 0.788. The molecule has 1 fully saturated rings. The zero-order chi connectivity index (χ0) is 16.9. The number of anilines is 1. The number of ether oxygens (including phenoxy) is 1. The van der Waals surface area contributed by atoms with Crippen LogP contribution in [0.5, 0.6) is 0 Å². The van der Waals surface area contributed by atoms with Crippen molar-refractivity contribution in [3.8, 4) is 11.3 Å². The topological polar surface area (TPSA) is 98.1 Å². The summed E-state index contributed by atoms with van der Waals surface area (Å²) in [5.41, 5.74) is 1.04. The molecule has 2 aromatic heterocycles. The summed E-state index contributed by atoms with van der Waals surface area (Å²) >= 11 is 0. The zero-order valence-electron chi connectivity index (χ0n) is 13.4. The standard InChI is InChI=1S/C16H19N5O3/c1-2-17-15(22)8-21-16(23)6-4-13(20-21)11-3-5-14(18-7-11)19-12-9-24-10-12/h3-7,12H,2,8-10H2,1H3,(H,17,22)(H,18,19). The molecule has 0 radical (unpaired) electrons. The Kier molecular flexibility index (Phi) is 4.85. The maximum Gasteiger partial charge on any atom is 0.267 e. The van der Waals surface area contributed by atoms with Gasteiger partial charge >= 0.3 is 0 Å². The lowest BCUT2D eigenvalue weighted by molar-refractivity contribution is -0.121. The highest BCUT2D eigenvalue weighted by molar-refractivity contribution is 5.75. The van der Waals surface area contributed by atoms with Crippen molar-refractivity contribution in [3.05, 3.63) is 40.8 Å². The fourth-order valence-electron chi connectivity index (χ4n) is 2.26. The first kappa shape index (κ1) is 16.1. The van der Waals surface area contributed by atoms with Gasteiger partial charge in [-0.25, -0.2) is 9.67 Å². The smallest absolute Gasteiger partial charge is 0.267 e. The number of rotatable bonds is 6. The number of nitrogens with zero attached hydrogens (tertiary/aromatic N) is 3. The van der Waals surface area contributed by atoms with Crippen LogP contribution >= 0.6 is 0 Å². The Morgan fingerprint density at radius 1 is 1.33 bits per heavy atom. The van der Waals surface area contributed by atoms with Gasteiger partial charge in [-0.3, -0.25) is 9.59 Å². The molecule has 1 aliphatic heterocycles. The maximum absolute atomic E-state index is 11.8. The second kappa shape index (κ2) is 7.22. The fourth-order valence-corrected chi connectivity index (χ4v) is 2.26. The van der Waals surface area contributed by atoms with Crippen molar-refractivity contribution < 1.29 is 9.53 Å². The van der Waals surface area contributed by atoms with Crippen molar-refractivity contribution in [2.24, 2.45) is 0 Å². The minimum absolute atomic E-state index is 0.102. The average molecular weight is 329 g/mol. The molecule has 8 heteroatoms. The highest BCUT2D eigenvalue weighted by Crippen LogP contribution is 2.17. The van der Waals surface area contributed by atoms with Crippen molar-refractivity contribution in [3.63, 3.8) is 0 Å². The van der Waals surface area contributed by atoms with Gasteiger partial charge in [-0.05, 0) is 25.1 Å². The van der Waals surface area contributed by atoms with E-state index in [1.807, 2.05) is 19.1 Å². The predicted molar refractivity (Wildman–Crippen MR) is 88.6 cm³/mol. The van der Waals surface area contributed by atoms with E-state index in [4.69, 9.17) is 4.74 Å². The number of hydrogen-bond acceptors (Lipinski definition) is 6. The lowest BCUT2D eigenvalue weighted by atomic mass is 10.2. The molecule has 0 aromatic carbocycles. The second-order valence-electron chi connectivity index (χ2n) is 5.48. The van der Waals surface area contributed by atoms with E-state index >= 15 is 0 Å². The minimum atomic E-state index is -0.318. The SMILES string of the molecule is CCNC(=O)Cn1nc(-c2ccc(NC3COC3)nc2)ccc1=O. The number of nitrogens with one attached hydrogen (secondary N) is 2. The third kappa shape index (κ3) is 3.77. The Morgan fingerprint density at radius 2 is 2.17 bits per heavy atom. The van der Waals surface area contributed by atoms with E-state index in [-0.39, 0.29) is 18.0 Å². The van der Waals surface area contributed by atoms with Crippen LogP contribution in [0.1, 0.15) is 6.92 Å². The second-order valence-corrected chi connectivity index (χ2v) is 5.48. The van der Waals surface area contributed by atoms with Gasteiger partial charge in [-0.15, -0.1) is 0 Å². The van der Waals surface area contributed by atoms with E-state index in [0.29, 0.717) is 31.5 Å². The van der Waals surface area contributed by atoms with E-state index in [0.717, 1.165) is 16.1 Å². The molecule has 0 saturated carbocycles. The average Bonchev–Trinajstić information content (AvgIpc) is 2.54. The summed E-state index contributed by atoms with van der Waals surface area (Å²) in [5, 5.41) is 10.1. The van der Waals surface area contributed by atoms with E-state index in [9.17, 15) is 9.59 Å². The molecule has 0 aliphatic carbocycles. The molecular weight excluding hydrogens is 310 g/mol. The molecule has 0 spiro atoms. The molecule has 1 aliphatic rings. The minimum Gasteiger partial charge on any atom is -0.377 e. The highest BCUT2D eigenvalue weighted by atomic mass is 16.5. The van der Waals surface area contributed by atoms with Crippen LogP contribution in [0.4, 0.5) is 5.82 Å². The molecule has 3 rings (SSSR count). The van der Waals surface area contributed by atoms with E-state index in [2.05, 4.69) is 20.7 Å². The molecule has 2 N–H and O–H groups in total. The van der Waals surface area contributed by atoms with Gasteiger partial charge in [0.05, 0.1) is 24.9 Å². The molecule has 3 heterocycles. The first-order chi connectivity index (χ1) is 11.7. The van der Waals surface area contributed by atoms with Gasteiger partial charge < -0.3 is 15.4 Å². The molecule has 1 saturated heterocycles. The summed E-state index contributed by atoms with van der Waals surface area (Å²) in [5.74, 6) is 0.521. The molecule has 2 aromatic rings. The lowest BCUT2D eigenvalue weighted by Crippen LogP contribution is -2.40. The fraction of sp³-hybridized carbons (Fsp3) is 0.375. The van der Waals surface area contributed by atoms with Gasteiger partial charge in [0.15, 0.2) is 0 Å². The van der Waals surface area contributed by atoms with Crippen LogP contribution in [-0.2, 0) is 16.1 Å². The first-order valence-corrected chi connectivity index (χ1v) is 7.81. The molecule has 24 heavy (non-hydrogen) atoms. The molecule has 0 bridgehead atoms. The number of likely N-dealkylation sites (N-methyl/N-ethyl adjacent to an activating group) is 1. The molecule has 0 atom stereocenters. The van der Waals surface area contributed by atoms with Gasteiger partial charge in [0.25, 0.3) is 5.56 Å². The Bertz CT molecular complexity index is 768. The van der Waals surface area contributed by atoms with E-state index in [1.54, 1.807) is 12.3 Å². The van der Waals surface area contributed by atoms with Gasteiger partial charge in [0.1, 0.15) is 12.4 Å². The van der Waals surface area contributed by atoms with E-state index in [1.165, 1.54) is 6.07 Å². The molecule has 0 unspecified atom stereocenters. The van der Waals surface area contributed by atoms with Crippen LogP contribution in [0, 0.1) is 0 Å². The number of pyridine rings is 1. The number of carbonyl (C=O) groups excluding carboxylic acids is 1. The monoisotopic (exact) mass is 329 g/mol. The van der Waals surface area contributed by atoms with Crippen molar-refractivity contribution >= 4 is 11.7 Å². The van der Waals surface area contributed by atoms with Gasteiger partial charge in [0.2, 0.25) is 5.91 Å². The van der Waals surface area contributed by atoms with Gasteiger partial charge in [0, 0.05) is 24.4 Å². The summed E-state index contributed by atoms with van der Waals surface area (Å²) in [6.45, 7) is 3.61. The normalized spacial score (nSPS) is 14.0. The summed E-state index contributed by atoms with van der Waals surface area (Å²) < 4.78 is 6.26. The largest absolute Gasteiger partial charge is 0.377 e. The predicted octanol–water partition coefficient (Wildman–Crippen LogP) is 0.252. The summed E-state index contributed by atoms with van der Waals surface area (Å²) in [6, 6.07) is 7.06. The summed E-state index contributed by atoms with van der Waals surface area (Å²) in [4.78, 5) is 27.8. The van der Waals surface area contributed by atoms with Crippen LogP contribution in [0.25, 0.3) is 11.3 Å². The van der Waals surface area contributed by atoms with Crippen molar-refractivity contribution in [2.45, 2.75) is 19.5 Å². The summed E-state index contributed by atoms with van der Waals surface area (Å²) in [6.07, 6.45) is 1.69. The number of amides is 1. The zero-order valence-corrected chi connectivity index (χ0v) is 13.4. The Labute approximate surface area is 138 Å². The summed E-state index contributed by atoms with van der Waals surface area (Å²) in [7, 11) is 0. The molecular formula is C16H19N5O3. The van der Waals surface area contributed by atoms with Crippen molar-refractivity contribution in [2.75, 3.05) is 25.1 Å². The highest BCUT2D eigenvalue weighted by Gasteiger charge is 2.18. The van der Waals surface area contributed by atoms with E-state index < -0.39 is 0 Å². The van der Waals surface area contributed by atoms with Crippen LogP contribution < -0.4 is 16.2 Å². The third-order valence-electron chi connectivity index (χ3n) is 3.58. The Morgan fingerprint density at radius 3 is 2.79 bits per heavy atom. The first-order valence-electron chi connectivity index (χ1n) is 7.81. The number of hydrogen-bond donors (Lipinski definition) is 2. The molecule has 8 nitrogen and oxygen atoms in total. The van der Waals surface area contributed by atoms with Crippen LogP contribution in [0.3, 0.4) is 0 Å². The molecule has 1 amide bonds. The lowest BCUT2D eigenvalue weighted by Gasteiger charge is -2.27. The Hall–Kier alpha value is -2.74. The number of carbonyl (C=O) groups is 1. The molecule has 126 valence electrons. The van der Waals surface area contributed by atoms with Crippen LogP contribution in [-0.4, -0.2) is 46.5 Å². The van der Waals surface area contributed by atoms with Gasteiger partial charge in [-0.1, -0.05) is 0 Å².